The Morgan fingerprint density at radius 3 is 1.93 bits per heavy atom. The van der Waals surface area contributed by atoms with E-state index in [1.165, 1.54) is 66.6 Å². The fourth-order valence-electron chi connectivity index (χ4n) is 9.37. The fourth-order valence-corrected chi connectivity index (χ4v) is 9.37. The molecule has 0 saturated carbocycles. The van der Waals surface area contributed by atoms with E-state index in [2.05, 4.69) is 160 Å². The van der Waals surface area contributed by atoms with Crippen molar-refractivity contribution in [1.29, 1.82) is 0 Å². The van der Waals surface area contributed by atoms with Gasteiger partial charge in [-0.25, -0.2) is 0 Å². The maximum Gasteiger partial charge on any atom is 0.226 e. The molecule has 0 radical (unpaired) electrons. The molecule has 2 aliphatic heterocycles. The molecule has 4 aromatic rings. The number of fused-ring (bicyclic) bond motifs is 6. The van der Waals surface area contributed by atoms with Crippen LogP contribution in [-0.2, 0) is 20.4 Å². The van der Waals surface area contributed by atoms with Crippen LogP contribution < -0.4 is 10.2 Å². The number of carbonyl (C=O) groups excluding carboxylic acids is 2. The van der Waals surface area contributed by atoms with Gasteiger partial charge in [-0.05, 0) is 91.8 Å². The predicted octanol–water partition coefficient (Wildman–Crippen LogP) is 11.0. The summed E-state index contributed by atoms with van der Waals surface area (Å²) >= 11 is 0. The van der Waals surface area contributed by atoms with Gasteiger partial charge in [0.05, 0.1) is 11.8 Å². The van der Waals surface area contributed by atoms with Crippen molar-refractivity contribution in [3.8, 4) is 0 Å². The number of ketones is 1. The monoisotopic (exact) mass is 720 g/mol. The number of allylic oxidation sites excluding steroid dienone is 8. The first-order valence-electron chi connectivity index (χ1n) is 20.0. The Kier molecular flexibility index (Phi) is 11.6. The molecule has 1 amide bonds. The zero-order chi connectivity index (χ0) is 38.6. The molecule has 0 aromatic heterocycles. The number of rotatable bonds is 14. The second kappa shape index (κ2) is 16.1. The topological polar surface area (TPSA) is 52.4 Å². The number of aryl methyl sites for hydroxylation is 2. The Morgan fingerprint density at radius 2 is 1.31 bits per heavy atom. The molecule has 0 unspecified atom stereocenters. The predicted molar refractivity (Wildman–Crippen MR) is 229 cm³/mol. The van der Waals surface area contributed by atoms with Crippen molar-refractivity contribution in [3.05, 3.63) is 131 Å². The Bertz CT molecular complexity index is 2240. The summed E-state index contributed by atoms with van der Waals surface area (Å²) in [5.74, 6) is 0.251. The third kappa shape index (κ3) is 6.78. The van der Waals surface area contributed by atoms with Crippen molar-refractivity contribution < 1.29 is 14.2 Å². The van der Waals surface area contributed by atoms with Gasteiger partial charge in [0.15, 0.2) is 12.3 Å². The van der Waals surface area contributed by atoms with E-state index in [0.717, 1.165) is 25.7 Å². The van der Waals surface area contributed by atoms with E-state index in [1.807, 2.05) is 0 Å². The Balaban J connectivity index is 1.35. The van der Waals surface area contributed by atoms with E-state index in [0.29, 0.717) is 25.9 Å². The lowest BCUT2D eigenvalue weighted by molar-refractivity contribution is -0.436. The van der Waals surface area contributed by atoms with Crippen LogP contribution in [0.1, 0.15) is 95.4 Å². The quantitative estimate of drug-likeness (QED) is 0.104. The van der Waals surface area contributed by atoms with Crippen LogP contribution in [0, 0.1) is 13.8 Å². The van der Waals surface area contributed by atoms with E-state index in [1.54, 1.807) is 14.0 Å². The minimum atomic E-state index is -0.162. The van der Waals surface area contributed by atoms with Gasteiger partial charge in [-0.2, -0.15) is 4.58 Å². The van der Waals surface area contributed by atoms with E-state index in [4.69, 9.17) is 0 Å². The largest absolute Gasteiger partial charge is 0.359 e. The number of nitrogens with one attached hydrogen (secondary N) is 1. The maximum absolute atomic E-state index is 12.5. The SMILES string of the molecule is CCC1(CC)C(/C=C/C=C/C=C/C=C2/N(CCC(C)=O)c3ccc4cc(C)ccc4c3C2(CC)CC)=[N+](CCC(=O)NC)c2ccc3cc(C)ccc3c21. The molecular formula is C49H58N3O2+. The van der Waals surface area contributed by atoms with E-state index in [-0.39, 0.29) is 22.5 Å². The Morgan fingerprint density at radius 1 is 0.722 bits per heavy atom. The first kappa shape index (κ1) is 38.7. The molecule has 4 aromatic carbocycles. The van der Waals surface area contributed by atoms with E-state index < -0.39 is 0 Å². The van der Waals surface area contributed by atoms with Gasteiger partial charge in [-0.3, -0.25) is 9.59 Å². The molecule has 5 nitrogen and oxygen atoms in total. The van der Waals surface area contributed by atoms with Crippen LogP contribution in [0.3, 0.4) is 0 Å². The van der Waals surface area contributed by atoms with Crippen LogP contribution in [-0.4, -0.2) is 42.1 Å². The third-order valence-corrected chi connectivity index (χ3v) is 12.3. The highest BCUT2D eigenvalue weighted by Crippen LogP contribution is 2.55. The highest BCUT2D eigenvalue weighted by atomic mass is 16.1. The molecule has 0 atom stereocenters. The van der Waals surface area contributed by atoms with E-state index in [9.17, 15) is 9.59 Å². The number of nitrogens with zero attached hydrogens (tertiary/aromatic N) is 2. The number of benzene rings is 4. The van der Waals surface area contributed by atoms with Gasteiger partial charge >= 0.3 is 0 Å². The summed E-state index contributed by atoms with van der Waals surface area (Å²) in [7, 11) is 1.71. The maximum atomic E-state index is 12.5. The van der Waals surface area contributed by atoms with Crippen LogP contribution in [0.25, 0.3) is 21.5 Å². The summed E-state index contributed by atoms with van der Waals surface area (Å²) < 4.78 is 2.38. The number of Topliss-reactive ketones (excluding diaryl/α,β-unsaturated/α-hetero) is 1. The number of hydrogen-bond donors (Lipinski definition) is 1. The molecule has 280 valence electrons. The van der Waals surface area contributed by atoms with Gasteiger partial charge in [0.1, 0.15) is 5.78 Å². The molecule has 1 N–H and O–H groups in total. The number of amides is 1. The molecule has 2 aliphatic rings. The fraction of sp³-hybridized carbons (Fsp3) is 0.367. The lowest BCUT2D eigenvalue weighted by Gasteiger charge is -2.32. The smallest absolute Gasteiger partial charge is 0.226 e. The summed E-state index contributed by atoms with van der Waals surface area (Å²) in [4.78, 5) is 27.1. The molecule has 2 heterocycles. The van der Waals surface area contributed by atoms with Gasteiger partial charge in [-0.1, -0.05) is 112 Å². The highest BCUT2D eigenvalue weighted by Gasteiger charge is 2.50. The zero-order valence-corrected chi connectivity index (χ0v) is 33.7. The van der Waals surface area contributed by atoms with Gasteiger partial charge in [0.2, 0.25) is 11.6 Å². The van der Waals surface area contributed by atoms with Gasteiger partial charge in [0, 0.05) is 54.5 Å². The number of carbonyl (C=O) groups is 2. The second-order valence-electron chi connectivity index (χ2n) is 15.2. The van der Waals surface area contributed by atoms with E-state index >= 15 is 0 Å². The van der Waals surface area contributed by atoms with Gasteiger partial charge in [-0.15, -0.1) is 0 Å². The first-order chi connectivity index (χ1) is 26.1. The number of hydrogen-bond acceptors (Lipinski definition) is 3. The molecule has 0 saturated heterocycles. The molecule has 0 fully saturated rings. The van der Waals surface area contributed by atoms with Crippen LogP contribution in [0.4, 0.5) is 11.4 Å². The van der Waals surface area contributed by atoms with Crippen molar-refractivity contribution in [2.45, 2.75) is 97.8 Å². The van der Waals surface area contributed by atoms with Crippen molar-refractivity contribution in [2.24, 2.45) is 0 Å². The average molecular weight is 721 g/mol. The second-order valence-corrected chi connectivity index (χ2v) is 15.2. The molecule has 0 aliphatic carbocycles. The summed E-state index contributed by atoms with van der Waals surface area (Å²) in [6, 6.07) is 22.6. The van der Waals surface area contributed by atoms with Crippen LogP contribution >= 0.6 is 0 Å². The minimum Gasteiger partial charge on any atom is -0.359 e. The zero-order valence-electron chi connectivity index (χ0n) is 33.7. The van der Waals surface area contributed by atoms with Crippen LogP contribution in [0.2, 0.25) is 0 Å². The van der Waals surface area contributed by atoms with Crippen molar-refractivity contribution in [2.75, 3.05) is 25.0 Å². The summed E-state index contributed by atoms with van der Waals surface area (Å²) in [6.45, 7) is 16.5. The summed E-state index contributed by atoms with van der Waals surface area (Å²) in [5.41, 5.74) is 9.93. The summed E-state index contributed by atoms with van der Waals surface area (Å²) in [5, 5.41) is 7.95. The van der Waals surface area contributed by atoms with Gasteiger partial charge in [0.25, 0.3) is 0 Å². The molecular weight excluding hydrogens is 663 g/mol. The van der Waals surface area contributed by atoms with Crippen molar-refractivity contribution >= 4 is 50.3 Å². The average Bonchev–Trinajstić information content (AvgIpc) is 3.61. The lowest BCUT2D eigenvalue weighted by atomic mass is 9.71. The normalized spacial score (nSPS) is 16.9. The van der Waals surface area contributed by atoms with Gasteiger partial charge < -0.3 is 10.2 Å². The lowest BCUT2D eigenvalue weighted by Crippen LogP contribution is -2.34. The molecule has 0 bridgehead atoms. The Hall–Kier alpha value is -5.03. The standard InChI is InChI=1S/C49H57N3O2/c1-9-48(10-2)43(51(30-28-36(7)53)41-26-22-37-32-34(5)20-24-39(37)46(41)48)18-16-14-13-15-17-19-44-49(11-3,12-4)47-40-25-21-35(6)33-38(40)23-27-42(47)52(44)31-29-45(54)50-8/h13-27,32-33H,9-12,28-31H2,1-8H3/p+1. The number of anilines is 1. The van der Waals surface area contributed by atoms with Crippen LogP contribution in [0.15, 0.2) is 109 Å². The molecule has 6 rings (SSSR count). The minimum absolute atomic E-state index is 0.0459. The molecule has 54 heavy (non-hydrogen) atoms. The highest BCUT2D eigenvalue weighted by molar-refractivity contribution is 6.08. The molecule has 0 spiro atoms. The Labute approximate surface area is 322 Å². The van der Waals surface area contributed by atoms with Crippen molar-refractivity contribution in [3.63, 3.8) is 0 Å². The summed E-state index contributed by atoms with van der Waals surface area (Å²) in [6.07, 6.45) is 20.0. The van der Waals surface area contributed by atoms with Crippen LogP contribution in [0.5, 0.6) is 0 Å². The third-order valence-electron chi connectivity index (χ3n) is 12.3. The van der Waals surface area contributed by atoms with Crippen molar-refractivity contribution in [1.82, 2.24) is 5.32 Å². The molecule has 5 heteroatoms. The first-order valence-corrected chi connectivity index (χ1v) is 20.0.